The van der Waals surface area contributed by atoms with Crippen LogP contribution in [-0.2, 0) is 13.1 Å². The number of aliphatic imine (C=N–C) groups is 1. The molecule has 0 saturated carbocycles. The van der Waals surface area contributed by atoms with Crippen LogP contribution >= 0.6 is 27.3 Å². The molecule has 0 aliphatic heterocycles. The molecule has 2 aromatic rings. The Morgan fingerprint density at radius 3 is 2.68 bits per heavy atom. The van der Waals surface area contributed by atoms with E-state index in [-0.39, 0.29) is 5.82 Å². The highest BCUT2D eigenvalue weighted by molar-refractivity contribution is 9.10. The minimum atomic E-state index is -0.239. The molecule has 0 saturated heterocycles. The Balaban J connectivity index is 1.91. The Labute approximate surface area is 142 Å². The number of hydrogen-bond acceptors (Lipinski definition) is 3. The quantitative estimate of drug-likeness (QED) is 0.626. The Bertz CT molecular complexity index is 665. The highest BCUT2D eigenvalue weighted by atomic mass is 79.9. The van der Waals surface area contributed by atoms with Crippen molar-refractivity contribution in [3.05, 3.63) is 49.6 Å². The second-order valence-corrected chi connectivity index (χ2v) is 6.97. The molecule has 2 rings (SSSR count). The number of nitrogens with one attached hydrogen (secondary N) is 2. The van der Waals surface area contributed by atoms with E-state index in [1.165, 1.54) is 10.9 Å². The zero-order chi connectivity index (χ0) is 16.1. The molecular formula is C15H18BrFN4S. The molecule has 1 heterocycles. The van der Waals surface area contributed by atoms with E-state index in [1.54, 1.807) is 30.5 Å². The van der Waals surface area contributed by atoms with Gasteiger partial charge in [0.1, 0.15) is 10.8 Å². The van der Waals surface area contributed by atoms with Crippen LogP contribution in [-0.4, -0.2) is 18.0 Å². The topological polar surface area (TPSA) is 49.3 Å². The smallest absolute Gasteiger partial charge is 0.191 e. The SMILES string of the molecule is CN=C(NCc1nc(C)c(C)s1)NCc1cc(Br)ccc1F. The summed E-state index contributed by atoms with van der Waals surface area (Å²) in [5.41, 5.74) is 1.64. The Morgan fingerprint density at radius 1 is 1.32 bits per heavy atom. The van der Waals surface area contributed by atoms with E-state index < -0.39 is 0 Å². The van der Waals surface area contributed by atoms with Gasteiger partial charge in [0.25, 0.3) is 0 Å². The second kappa shape index (κ2) is 7.69. The maximum atomic E-state index is 13.7. The minimum Gasteiger partial charge on any atom is -0.352 e. The summed E-state index contributed by atoms with van der Waals surface area (Å²) in [6.45, 7) is 5.01. The number of aromatic nitrogens is 1. The van der Waals surface area contributed by atoms with Crippen LogP contribution in [0.1, 0.15) is 21.1 Å². The molecule has 7 heteroatoms. The summed E-state index contributed by atoms with van der Waals surface area (Å²) in [6, 6.07) is 4.88. The first-order chi connectivity index (χ1) is 10.5. The Hall–Kier alpha value is -1.47. The van der Waals surface area contributed by atoms with Crippen molar-refractivity contribution >= 4 is 33.2 Å². The lowest BCUT2D eigenvalue weighted by Gasteiger charge is -2.11. The van der Waals surface area contributed by atoms with Gasteiger partial charge in [-0.15, -0.1) is 11.3 Å². The summed E-state index contributed by atoms with van der Waals surface area (Å²) < 4.78 is 14.5. The summed E-state index contributed by atoms with van der Waals surface area (Å²) >= 11 is 5.01. The fraction of sp³-hybridized carbons (Fsp3) is 0.333. The number of rotatable bonds is 4. The van der Waals surface area contributed by atoms with Crippen LogP contribution in [0.5, 0.6) is 0 Å². The van der Waals surface area contributed by atoms with Gasteiger partial charge in [-0.2, -0.15) is 0 Å². The van der Waals surface area contributed by atoms with Crippen molar-refractivity contribution in [3.8, 4) is 0 Å². The molecule has 118 valence electrons. The maximum Gasteiger partial charge on any atom is 0.191 e. The molecule has 2 N–H and O–H groups in total. The van der Waals surface area contributed by atoms with E-state index in [0.29, 0.717) is 24.6 Å². The standard InChI is InChI=1S/C15H18BrFN4S/c1-9-10(2)22-14(21-9)8-20-15(18-3)19-7-11-6-12(16)4-5-13(11)17/h4-6H,7-8H2,1-3H3,(H2,18,19,20). The van der Waals surface area contributed by atoms with Gasteiger partial charge in [0.2, 0.25) is 0 Å². The highest BCUT2D eigenvalue weighted by Crippen LogP contribution is 2.16. The highest BCUT2D eigenvalue weighted by Gasteiger charge is 2.06. The molecule has 0 atom stereocenters. The van der Waals surface area contributed by atoms with Crippen LogP contribution in [0.15, 0.2) is 27.7 Å². The van der Waals surface area contributed by atoms with E-state index in [0.717, 1.165) is 15.2 Å². The molecule has 0 aliphatic carbocycles. The van der Waals surface area contributed by atoms with E-state index in [4.69, 9.17) is 0 Å². The largest absolute Gasteiger partial charge is 0.352 e. The third-order valence-electron chi connectivity index (χ3n) is 3.16. The third-order valence-corrected chi connectivity index (χ3v) is 4.72. The number of benzene rings is 1. The number of thiazole rings is 1. The Morgan fingerprint density at radius 2 is 2.05 bits per heavy atom. The molecule has 22 heavy (non-hydrogen) atoms. The average molecular weight is 385 g/mol. The van der Waals surface area contributed by atoms with Gasteiger partial charge in [0, 0.05) is 28.5 Å². The minimum absolute atomic E-state index is 0.239. The summed E-state index contributed by atoms with van der Waals surface area (Å²) in [5.74, 6) is 0.377. The number of halogens is 2. The van der Waals surface area contributed by atoms with Crippen LogP contribution in [0.2, 0.25) is 0 Å². The van der Waals surface area contributed by atoms with E-state index in [9.17, 15) is 4.39 Å². The van der Waals surface area contributed by atoms with Gasteiger partial charge in [0.15, 0.2) is 5.96 Å². The summed E-state index contributed by atoms with van der Waals surface area (Å²) in [7, 11) is 1.69. The molecule has 0 spiro atoms. The molecular weight excluding hydrogens is 367 g/mol. The monoisotopic (exact) mass is 384 g/mol. The Kier molecular flexibility index (Phi) is 5.90. The number of hydrogen-bond donors (Lipinski definition) is 2. The van der Waals surface area contributed by atoms with Crippen molar-refractivity contribution in [2.75, 3.05) is 7.05 Å². The predicted octanol–water partition coefficient (Wildman–Crippen LogP) is 3.53. The van der Waals surface area contributed by atoms with Crippen molar-refractivity contribution in [2.45, 2.75) is 26.9 Å². The van der Waals surface area contributed by atoms with Gasteiger partial charge < -0.3 is 10.6 Å². The number of nitrogens with zero attached hydrogens (tertiary/aromatic N) is 2. The lowest BCUT2D eigenvalue weighted by atomic mass is 10.2. The van der Waals surface area contributed by atoms with E-state index in [2.05, 4.69) is 43.5 Å². The van der Waals surface area contributed by atoms with Crippen molar-refractivity contribution in [1.82, 2.24) is 15.6 Å². The molecule has 0 unspecified atom stereocenters. The van der Waals surface area contributed by atoms with Gasteiger partial charge in [0.05, 0.1) is 12.2 Å². The lowest BCUT2D eigenvalue weighted by Crippen LogP contribution is -2.36. The van der Waals surface area contributed by atoms with E-state index >= 15 is 0 Å². The normalized spacial score (nSPS) is 11.6. The third kappa shape index (κ3) is 4.51. The first-order valence-electron chi connectivity index (χ1n) is 6.81. The van der Waals surface area contributed by atoms with Gasteiger partial charge in [-0.3, -0.25) is 4.99 Å². The second-order valence-electron chi connectivity index (χ2n) is 4.76. The van der Waals surface area contributed by atoms with Crippen LogP contribution in [0.25, 0.3) is 0 Å². The molecule has 0 amide bonds. The molecule has 0 aliphatic rings. The molecule has 4 nitrogen and oxygen atoms in total. The van der Waals surface area contributed by atoms with Crippen molar-refractivity contribution in [2.24, 2.45) is 4.99 Å². The molecule has 1 aromatic carbocycles. The molecule has 1 aromatic heterocycles. The van der Waals surface area contributed by atoms with Gasteiger partial charge >= 0.3 is 0 Å². The van der Waals surface area contributed by atoms with Crippen molar-refractivity contribution < 1.29 is 4.39 Å². The average Bonchev–Trinajstić information content (AvgIpc) is 2.81. The van der Waals surface area contributed by atoms with Gasteiger partial charge in [-0.25, -0.2) is 9.37 Å². The van der Waals surface area contributed by atoms with Crippen molar-refractivity contribution in [3.63, 3.8) is 0 Å². The predicted molar refractivity (Wildman–Crippen MR) is 92.7 cm³/mol. The van der Waals surface area contributed by atoms with Crippen LogP contribution in [0.4, 0.5) is 4.39 Å². The maximum absolute atomic E-state index is 13.7. The zero-order valence-electron chi connectivity index (χ0n) is 12.7. The fourth-order valence-electron chi connectivity index (χ4n) is 1.85. The molecule has 0 bridgehead atoms. The first kappa shape index (κ1) is 16.9. The summed E-state index contributed by atoms with van der Waals surface area (Å²) in [5, 5.41) is 7.29. The van der Waals surface area contributed by atoms with E-state index in [1.807, 2.05) is 6.92 Å². The van der Waals surface area contributed by atoms with Gasteiger partial charge in [-0.05, 0) is 32.0 Å². The van der Waals surface area contributed by atoms with Crippen LogP contribution in [0.3, 0.4) is 0 Å². The summed E-state index contributed by atoms with van der Waals surface area (Å²) in [4.78, 5) is 9.82. The summed E-state index contributed by atoms with van der Waals surface area (Å²) in [6.07, 6.45) is 0. The fourth-order valence-corrected chi connectivity index (χ4v) is 3.13. The zero-order valence-corrected chi connectivity index (χ0v) is 15.1. The van der Waals surface area contributed by atoms with Crippen LogP contribution < -0.4 is 10.6 Å². The first-order valence-corrected chi connectivity index (χ1v) is 8.42. The molecule has 0 fully saturated rings. The molecule has 0 radical (unpaired) electrons. The number of aryl methyl sites for hydroxylation is 2. The number of guanidine groups is 1. The van der Waals surface area contributed by atoms with Gasteiger partial charge in [-0.1, -0.05) is 15.9 Å². The van der Waals surface area contributed by atoms with Crippen LogP contribution in [0, 0.1) is 19.7 Å². The lowest BCUT2D eigenvalue weighted by molar-refractivity contribution is 0.604. The van der Waals surface area contributed by atoms with Crippen molar-refractivity contribution in [1.29, 1.82) is 0 Å².